The minimum Gasteiger partial charge on any atom is -0.356 e. The molecule has 1 amide bonds. The molecule has 0 unspecified atom stereocenters. The van der Waals surface area contributed by atoms with Crippen LogP contribution >= 0.6 is 0 Å². The Hall–Kier alpha value is -0.530. The average Bonchev–Trinajstić information content (AvgIpc) is 2.09. The quantitative estimate of drug-likeness (QED) is 0.579. The fourth-order valence-corrected chi connectivity index (χ4v) is 1.35. The smallest absolute Gasteiger partial charge is 0.216 e. The van der Waals surface area contributed by atoms with Gasteiger partial charge in [0.15, 0.2) is 0 Å². The monoisotopic (exact) mass is 185 g/mol. The van der Waals surface area contributed by atoms with E-state index in [1.807, 2.05) is 0 Å². The third kappa shape index (κ3) is 11.5. The van der Waals surface area contributed by atoms with Crippen LogP contribution < -0.4 is 5.32 Å². The summed E-state index contributed by atoms with van der Waals surface area (Å²) in [5.41, 5.74) is 0. The lowest BCUT2D eigenvalue weighted by molar-refractivity contribution is -0.118. The summed E-state index contributed by atoms with van der Waals surface area (Å²) >= 11 is 0. The van der Waals surface area contributed by atoms with Crippen LogP contribution in [0.25, 0.3) is 0 Å². The minimum atomic E-state index is 0.0889. The minimum absolute atomic E-state index is 0.0889. The first-order valence-corrected chi connectivity index (χ1v) is 5.51. The van der Waals surface area contributed by atoms with Crippen LogP contribution in [0.15, 0.2) is 0 Å². The molecule has 78 valence electrons. The Labute approximate surface area is 82.1 Å². The first-order chi connectivity index (χ1) is 6.27. The maximum absolute atomic E-state index is 10.5. The zero-order valence-electron chi connectivity index (χ0n) is 9.07. The maximum Gasteiger partial charge on any atom is 0.216 e. The molecule has 0 aromatic rings. The van der Waals surface area contributed by atoms with Crippen molar-refractivity contribution in [3.05, 3.63) is 0 Å². The molecule has 0 atom stereocenters. The van der Waals surface area contributed by atoms with E-state index in [0.29, 0.717) is 0 Å². The number of unbranched alkanes of at least 4 members (excludes halogenated alkanes) is 6. The zero-order valence-corrected chi connectivity index (χ0v) is 9.07. The normalized spacial score (nSPS) is 10.0. The Balaban J connectivity index is 2.87. The molecule has 0 aromatic heterocycles. The van der Waals surface area contributed by atoms with E-state index in [-0.39, 0.29) is 5.91 Å². The highest BCUT2D eigenvalue weighted by Crippen LogP contribution is 2.05. The van der Waals surface area contributed by atoms with Crippen molar-refractivity contribution in [2.45, 2.75) is 58.8 Å². The highest BCUT2D eigenvalue weighted by atomic mass is 16.1. The Bertz CT molecular complexity index is 123. The zero-order chi connectivity index (χ0) is 9.94. The third-order valence-electron chi connectivity index (χ3n) is 2.15. The summed E-state index contributed by atoms with van der Waals surface area (Å²) in [7, 11) is 0. The highest BCUT2D eigenvalue weighted by Gasteiger charge is 1.91. The summed E-state index contributed by atoms with van der Waals surface area (Å²) in [4.78, 5) is 10.5. The summed E-state index contributed by atoms with van der Waals surface area (Å²) in [5.74, 6) is 0.0889. The van der Waals surface area contributed by atoms with E-state index in [1.54, 1.807) is 6.92 Å². The van der Waals surface area contributed by atoms with Crippen LogP contribution in [0.3, 0.4) is 0 Å². The van der Waals surface area contributed by atoms with Gasteiger partial charge in [-0.1, -0.05) is 45.4 Å². The van der Waals surface area contributed by atoms with Crippen molar-refractivity contribution in [1.82, 2.24) is 5.32 Å². The van der Waals surface area contributed by atoms with Gasteiger partial charge in [-0.05, 0) is 6.42 Å². The third-order valence-corrected chi connectivity index (χ3v) is 2.15. The molecular weight excluding hydrogens is 162 g/mol. The van der Waals surface area contributed by atoms with E-state index in [2.05, 4.69) is 12.2 Å². The van der Waals surface area contributed by atoms with Gasteiger partial charge in [-0.15, -0.1) is 0 Å². The molecule has 2 heteroatoms. The van der Waals surface area contributed by atoms with Crippen molar-refractivity contribution in [3.8, 4) is 0 Å². The molecule has 0 aromatic carbocycles. The Morgan fingerprint density at radius 2 is 1.54 bits per heavy atom. The highest BCUT2D eigenvalue weighted by molar-refractivity contribution is 5.72. The van der Waals surface area contributed by atoms with Gasteiger partial charge in [0, 0.05) is 13.5 Å². The number of rotatable bonds is 8. The van der Waals surface area contributed by atoms with Crippen LogP contribution in [0.4, 0.5) is 0 Å². The second kappa shape index (κ2) is 9.56. The summed E-state index contributed by atoms with van der Waals surface area (Å²) in [6.07, 6.45) is 9.11. The second-order valence-electron chi connectivity index (χ2n) is 3.60. The molecule has 0 saturated carbocycles. The first-order valence-electron chi connectivity index (χ1n) is 5.51. The predicted molar refractivity (Wildman–Crippen MR) is 56.7 cm³/mol. The molecular formula is C11H23NO. The molecule has 2 nitrogen and oxygen atoms in total. The van der Waals surface area contributed by atoms with E-state index in [0.717, 1.165) is 13.0 Å². The Morgan fingerprint density at radius 3 is 2.08 bits per heavy atom. The van der Waals surface area contributed by atoms with Gasteiger partial charge < -0.3 is 5.32 Å². The second-order valence-corrected chi connectivity index (χ2v) is 3.60. The van der Waals surface area contributed by atoms with Gasteiger partial charge in [0.2, 0.25) is 5.91 Å². The molecule has 0 radical (unpaired) electrons. The standard InChI is InChI=1S/C11H23NO/c1-3-4-5-6-7-8-9-10-12-11(2)13/h3-10H2,1-2H3,(H,12,13). The number of hydrogen-bond donors (Lipinski definition) is 1. The number of amides is 1. The van der Waals surface area contributed by atoms with Crippen LogP contribution in [0.2, 0.25) is 0 Å². The Morgan fingerprint density at radius 1 is 1.00 bits per heavy atom. The van der Waals surface area contributed by atoms with E-state index in [9.17, 15) is 4.79 Å². The number of hydrogen-bond acceptors (Lipinski definition) is 1. The molecule has 0 saturated heterocycles. The molecule has 0 bridgehead atoms. The van der Waals surface area contributed by atoms with Crippen molar-refractivity contribution < 1.29 is 4.79 Å². The van der Waals surface area contributed by atoms with Crippen molar-refractivity contribution >= 4 is 5.91 Å². The van der Waals surface area contributed by atoms with Gasteiger partial charge >= 0.3 is 0 Å². The van der Waals surface area contributed by atoms with Gasteiger partial charge in [0.1, 0.15) is 0 Å². The molecule has 1 N–H and O–H groups in total. The van der Waals surface area contributed by atoms with Gasteiger partial charge in [-0.3, -0.25) is 4.79 Å². The van der Waals surface area contributed by atoms with E-state index in [4.69, 9.17) is 0 Å². The lowest BCUT2D eigenvalue weighted by Crippen LogP contribution is -2.20. The van der Waals surface area contributed by atoms with Crippen molar-refractivity contribution in [2.75, 3.05) is 6.54 Å². The van der Waals surface area contributed by atoms with Crippen LogP contribution in [-0.4, -0.2) is 12.5 Å². The lowest BCUT2D eigenvalue weighted by atomic mass is 10.1. The molecule has 0 spiro atoms. The van der Waals surface area contributed by atoms with Crippen LogP contribution in [-0.2, 0) is 4.79 Å². The fraction of sp³-hybridized carbons (Fsp3) is 0.909. The predicted octanol–water partition coefficient (Wildman–Crippen LogP) is 2.87. The van der Waals surface area contributed by atoms with Crippen LogP contribution in [0.5, 0.6) is 0 Å². The molecule has 0 fully saturated rings. The molecule has 0 rings (SSSR count). The van der Waals surface area contributed by atoms with Crippen LogP contribution in [0.1, 0.15) is 58.8 Å². The van der Waals surface area contributed by atoms with E-state index >= 15 is 0 Å². The lowest BCUT2D eigenvalue weighted by Gasteiger charge is -2.01. The first kappa shape index (κ1) is 12.5. The van der Waals surface area contributed by atoms with Crippen LogP contribution in [0, 0.1) is 0 Å². The fourth-order valence-electron chi connectivity index (χ4n) is 1.35. The average molecular weight is 185 g/mol. The Kier molecular flexibility index (Phi) is 9.17. The molecule has 0 aliphatic heterocycles. The van der Waals surface area contributed by atoms with Gasteiger partial charge in [-0.25, -0.2) is 0 Å². The summed E-state index contributed by atoms with van der Waals surface area (Å²) in [6.45, 7) is 4.65. The van der Waals surface area contributed by atoms with Gasteiger partial charge in [0.05, 0.1) is 0 Å². The molecule has 0 aliphatic rings. The number of carbonyl (C=O) groups is 1. The van der Waals surface area contributed by atoms with Gasteiger partial charge in [-0.2, -0.15) is 0 Å². The van der Waals surface area contributed by atoms with Crippen molar-refractivity contribution in [1.29, 1.82) is 0 Å². The SMILES string of the molecule is CCCCCCCCCNC(C)=O. The molecule has 0 heterocycles. The number of nitrogens with one attached hydrogen (secondary N) is 1. The maximum atomic E-state index is 10.5. The number of carbonyl (C=O) groups excluding carboxylic acids is 1. The van der Waals surface area contributed by atoms with E-state index < -0.39 is 0 Å². The van der Waals surface area contributed by atoms with Gasteiger partial charge in [0.25, 0.3) is 0 Å². The summed E-state index contributed by atoms with van der Waals surface area (Å²) in [6, 6.07) is 0. The molecule has 13 heavy (non-hydrogen) atoms. The topological polar surface area (TPSA) is 29.1 Å². The van der Waals surface area contributed by atoms with Crippen molar-refractivity contribution in [2.24, 2.45) is 0 Å². The summed E-state index contributed by atoms with van der Waals surface area (Å²) < 4.78 is 0. The largest absolute Gasteiger partial charge is 0.356 e. The summed E-state index contributed by atoms with van der Waals surface area (Å²) in [5, 5.41) is 2.81. The van der Waals surface area contributed by atoms with E-state index in [1.165, 1.54) is 38.5 Å². The molecule has 0 aliphatic carbocycles. The van der Waals surface area contributed by atoms with Crippen molar-refractivity contribution in [3.63, 3.8) is 0 Å².